The summed E-state index contributed by atoms with van der Waals surface area (Å²) < 4.78 is 12.7. The van der Waals surface area contributed by atoms with E-state index in [1.807, 2.05) is 24.3 Å². The van der Waals surface area contributed by atoms with Crippen molar-refractivity contribution >= 4 is 11.6 Å². The number of hydrogen-bond acceptors (Lipinski definition) is 0. The quantitative estimate of drug-likeness (QED) is 0.665. The first-order chi connectivity index (χ1) is 7.29. The van der Waals surface area contributed by atoms with Crippen molar-refractivity contribution in [1.82, 2.24) is 0 Å². The van der Waals surface area contributed by atoms with Gasteiger partial charge in [-0.1, -0.05) is 30.3 Å². The van der Waals surface area contributed by atoms with E-state index >= 15 is 0 Å². The van der Waals surface area contributed by atoms with Crippen LogP contribution in [0.25, 0.3) is 11.1 Å². The van der Waals surface area contributed by atoms with Crippen LogP contribution in [0.1, 0.15) is 5.56 Å². The van der Waals surface area contributed by atoms with Gasteiger partial charge in [0.2, 0.25) is 0 Å². The summed E-state index contributed by atoms with van der Waals surface area (Å²) in [6.45, 7) is 0. The molecule has 0 aliphatic carbocycles. The van der Waals surface area contributed by atoms with Gasteiger partial charge in [0.15, 0.2) is 0 Å². The van der Waals surface area contributed by atoms with Gasteiger partial charge in [-0.2, -0.15) is 0 Å². The summed E-state index contributed by atoms with van der Waals surface area (Å²) in [5, 5.41) is 0. The summed E-state index contributed by atoms with van der Waals surface area (Å²) in [5.41, 5.74) is 3.13. The van der Waals surface area contributed by atoms with Crippen molar-refractivity contribution in [3.8, 4) is 11.1 Å². The van der Waals surface area contributed by atoms with Gasteiger partial charge in [-0.05, 0) is 34.9 Å². The molecule has 0 unspecified atom stereocenters. The maximum Gasteiger partial charge on any atom is 0.123 e. The van der Waals surface area contributed by atoms with E-state index in [1.165, 1.54) is 12.1 Å². The van der Waals surface area contributed by atoms with Crippen LogP contribution in [0.2, 0.25) is 0 Å². The molecule has 2 aromatic rings. The van der Waals surface area contributed by atoms with Gasteiger partial charge in [-0.3, -0.25) is 0 Å². The maximum absolute atomic E-state index is 12.7. The van der Waals surface area contributed by atoms with Crippen LogP contribution >= 0.6 is 11.6 Å². The molecule has 0 bridgehead atoms. The van der Waals surface area contributed by atoms with E-state index in [4.69, 9.17) is 11.6 Å². The van der Waals surface area contributed by atoms with Gasteiger partial charge in [0.05, 0.1) is 0 Å². The molecule has 0 radical (unpaired) electrons. The lowest BCUT2D eigenvalue weighted by molar-refractivity contribution is 0.628. The Hall–Kier alpha value is -1.34. The zero-order valence-electron chi connectivity index (χ0n) is 8.08. The number of halogens is 2. The van der Waals surface area contributed by atoms with Gasteiger partial charge >= 0.3 is 0 Å². The van der Waals surface area contributed by atoms with Crippen LogP contribution in [0.5, 0.6) is 0 Å². The third-order valence-electron chi connectivity index (χ3n) is 2.26. The molecule has 0 aliphatic heterocycles. The molecular weight excluding hydrogens is 211 g/mol. The molecule has 0 nitrogen and oxygen atoms in total. The zero-order valence-corrected chi connectivity index (χ0v) is 8.84. The second-order valence-electron chi connectivity index (χ2n) is 3.34. The molecular formula is C13H10ClF. The average Bonchev–Trinajstić information content (AvgIpc) is 2.30. The molecule has 0 atom stereocenters. The number of hydrogen-bond donors (Lipinski definition) is 0. The first kappa shape index (κ1) is 10.2. The Bertz CT molecular complexity index is 448. The smallest absolute Gasteiger partial charge is 0.123 e. The Morgan fingerprint density at radius 3 is 2.33 bits per heavy atom. The summed E-state index contributed by atoms with van der Waals surface area (Å²) in [4.78, 5) is 0. The molecule has 0 amide bonds. The third kappa shape index (κ3) is 2.37. The van der Waals surface area contributed by atoms with Crippen molar-refractivity contribution in [2.45, 2.75) is 5.88 Å². The van der Waals surface area contributed by atoms with Crippen LogP contribution in [-0.4, -0.2) is 0 Å². The second-order valence-corrected chi connectivity index (χ2v) is 3.61. The second kappa shape index (κ2) is 4.45. The van der Waals surface area contributed by atoms with Gasteiger partial charge in [0, 0.05) is 5.88 Å². The molecule has 0 saturated heterocycles. The van der Waals surface area contributed by atoms with Crippen molar-refractivity contribution in [2.24, 2.45) is 0 Å². The van der Waals surface area contributed by atoms with Crippen molar-refractivity contribution in [3.63, 3.8) is 0 Å². The molecule has 0 fully saturated rings. The molecule has 15 heavy (non-hydrogen) atoms. The van der Waals surface area contributed by atoms with E-state index in [1.54, 1.807) is 12.1 Å². The first-order valence-electron chi connectivity index (χ1n) is 4.70. The fourth-order valence-electron chi connectivity index (χ4n) is 1.48. The molecule has 0 saturated carbocycles. The number of alkyl halides is 1. The minimum atomic E-state index is -0.216. The van der Waals surface area contributed by atoms with Crippen LogP contribution < -0.4 is 0 Å². The topological polar surface area (TPSA) is 0 Å². The monoisotopic (exact) mass is 220 g/mol. The molecule has 76 valence electrons. The lowest BCUT2D eigenvalue weighted by Gasteiger charge is -2.03. The summed E-state index contributed by atoms with van der Waals surface area (Å²) in [6, 6.07) is 14.4. The van der Waals surface area contributed by atoms with Gasteiger partial charge in [0.1, 0.15) is 5.82 Å². The van der Waals surface area contributed by atoms with Gasteiger partial charge in [-0.15, -0.1) is 11.6 Å². The van der Waals surface area contributed by atoms with Gasteiger partial charge in [0.25, 0.3) is 0 Å². The molecule has 0 aromatic heterocycles. The Balaban J connectivity index is 2.40. The van der Waals surface area contributed by atoms with Crippen molar-refractivity contribution in [3.05, 3.63) is 59.9 Å². The largest absolute Gasteiger partial charge is 0.207 e. The molecule has 2 heteroatoms. The van der Waals surface area contributed by atoms with Crippen molar-refractivity contribution in [1.29, 1.82) is 0 Å². The predicted octanol–water partition coefficient (Wildman–Crippen LogP) is 4.23. The summed E-state index contributed by atoms with van der Waals surface area (Å²) in [6.07, 6.45) is 0. The summed E-state index contributed by atoms with van der Waals surface area (Å²) >= 11 is 5.75. The van der Waals surface area contributed by atoms with E-state index in [-0.39, 0.29) is 5.82 Å². The Morgan fingerprint density at radius 2 is 1.67 bits per heavy atom. The van der Waals surface area contributed by atoms with Gasteiger partial charge < -0.3 is 0 Å². The first-order valence-corrected chi connectivity index (χ1v) is 5.24. The molecule has 0 spiro atoms. The minimum Gasteiger partial charge on any atom is -0.207 e. The van der Waals surface area contributed by atoms with Gasteiger partial charge in [-0.25, -0.2) is 4.39 Å². The van der Waals surface area contributed by atoms with Crippen LogP contribution in [0.4, 0.5) is 4.39 Å². The molecule has 0 N–H and O–H groups in total. The Labute approximate surface area is 93.3 Å². The Kier molecular flexibility index (Phi) is 3.02. The summed E-state index contributed by atoms with van der Waals surface area (Å²) in [7, 11) is 0. The van der Waals surface area contributed by atoms with E-state index < -0.39 is 0 Å². The van der Waals surface area contributed by atoms with Crippen LogP contribution in [0.15, 0.2) is 48.5 Å². The minimum absolute atomic E-state index is 0.216. The third-order valence-corrected chi connectivity index (χ3v) is 2.57. The highest BCUT2D eigenvalue weighted by Gasteiger charge is 1.98. The number of rotatable bonds is 2. The van der Waals surface area contributed by atoms with Crippen LogP contribution in [0.3, 0.4) is 0 Å². The van der Waals surface area contributed by atoms with Crippen molar-refractivity contribution in [2.75, 3.05) is 0 Å². The maximum atomic E-state index is 12.7. The fourth-order valence-corrected chi connectivity index (χ4v) is 1.64. The Morgan fingerprint density at radius 1 is 0.933 bits per heavy atom. The average molecular weight is 221 g/mol. The SMILES string of the molecule is Fc1ccc(-c2cccc(CCl)c2)cc1. The number of benzene rings is 2. The highest BCUT2D eigenvalue weighted by molar-refractivity contribution is 6.17. The van der Waals surface area contributed by atoms with Crippen molar-refractivity contribution < 1.29 is 4.39 Å². The lowest BCUT2D eigenvalue weighted by atomic mass is 10.0. The summed E-state index contributed by atoms with van der Waals surface area (Å²) in [5.74, 6) is 0.280. The molecule has 0 aliphatic rings. The molecule has 2 aromatic carbocycles. The van der Waals surface area contributed by atoms with E-state index in [0.717, 1.165) is 16.7 Å². The van der Waals surface area contributed by atoms with E-state index in [9.17, 15) is 4.39 Å². The van der Waals surface area contributed by atoms with Crippen LogP contribution in [0, 0.1) is 5.82 Å². The lowest BCUT2D eigenvalue weighted by Crippen LogP contribution is -1.82. The standard InChI is InChI=1S/C13H10ClF/c14-9-10-2-1-3-12(8-10)11-4-6-13(15)7-5-11/h1-8H,9H2. The highest BCUT2D eigenvalue weighted by atomic mass is 35.5. The van der Waals surface area contributed by atoms with Crippen LogP contribution in [-0.2, 0) is 5.88 Å². The zero-order chi connectivity index (χ0) is 10.7. The van der Waals surface area contributed by atoms with E-state index in [0.29, 0.717) is 5.88 Å². The normalized spacial score (nSPS) is 10.3. The molecule has 0 heterocycles. The highest BCUT2D eigenvalue weighted by Crippen LogP contribution is 2.21. The van der Waals surface area contributed by atoms with E-state index in [2.05, 4.69) is 0 Å². The fraction of sp³-hybridized carbons (Fsp3) is 0.0769. The predicted molar refractivity (Wildman–Crippen MR) is 61.4 cm³/mol. The molecule has 2 rings (SSSR count).